The van der Waals surface area contributed by atoms with E-state index in [2.05, 4.69) is 15.9 Å². The van der Waals surface area contributed by atoms with Crippen molar-refractivity contribution in [2.75, 3.05) is 0 Å². The number of benzene rings is 1. The molecule has 0 atom stereocenters. The van der Waals surface area contributed by atoms with Gasteiger partial charge in [0.1, 0.15) is 0 Å². The van der Waals surface area contributed by atoms with Crippen LogP contribution in [-0.4, -0.2) is 5.78 Å². The van der Waals surface area contributed by atoms with Crippen LogP contribution in [0.5, 0.6) is 0 Å². The fourth-order valence-electron chi connectivity index (χ4n) is 1.37. The number of halogens is 1. The van der Waals surface area contributed by atoms with Crippen LogP contribution in [0.2, 0.25) is 0 Å². The molecule has 1 aromatic heterocycles. The largest absolute Gasteiger partial charge is 0.288 e. The van der Waals surface area contributed by atoms with Gasteiger partial charge in [0.2, 0.25) is 0 Å². The van der Waals surface area contributed by atoms with E-state index in [9.17, 15) is 4.79 Å². The fourth-order valence-corrected chi connectivity index (χ4v) is 2.72. The molecule has 0 saturated carbocycles. The van der Waals surface area contributed by atoms with Crippen LogP contribution in [-0.2, 0) is 0 Å². The Morgan fingerprint density at radius 3 is 2.59 bits per heavy atom. The first kappa shape index (κ1) is 12.3. The number of hydrogen-bond donors (Lipinski definition) is 0. The highest BCUT2D eigenvalue weighted by molar-refractivity contribution is 9.10. The van der Waals surface area contributed by atoms with Crippen molar-refractivity contribution in [2.24, 2.45) is 0 Å². The lowest BCUT2D eigenvalue weighted by Crippen LogP contribution is -1.88. The molecule has 0 spiro atoms. The lowest BCUT2D eigenvalue weighted by atomic mass is 10.1. The van der Waals surface area contributed by atoms with E-state index in [1.807, 2.05) is 48.7 Å². The van der Waals surface area contributed by atoms with Crippen molar-refractivity contribution in [3.63, 3.8) is 0 Å². The quantitative estimate of drug-likeness (QED) is 0.592. The van der Waals surface area contributed by atoms with Crippen LogP contribution in [0.1, 0.15) is 20.8 Å². The van der Waals surface area contributed by atoms with Gasteiger partial charge in [-0.1, -0.05) is 35.9 Å². The van der Waals surface area contributed by atoms with E-state index in [4.69, 9.17) is 0 Å². The number of thiophene rings is 1. The molecule has 0 aliphatic heterocycles. The van der Waals surface area contributed by atoms with Crippen molar-refractivity contribution in [1.82, 2.24) is 0 Å². The van der Waals surface area contributed by atoms with Crippen LogP contribution in [0.15, 0.2) is 46.3 Å². The van der Waals surface area contributed by atoms with Crippen LogP contribution in [0, 0.1) is 6.92 Å². The highest BCUT2D eigenvalue weighted by atomic mass is 79.9. The van der Waals surface area contributed by atoms with Gasteiger partial charge in [0.25, 0.3) is 0 Å². The molecule has 0 N–H and O–H groups in total. The number of carbonyl (C=O) groups is 1. The maximum atomic E-state index is 11.8. The molecule has 0 aliphatic rings. The summed E-state index contributed by atoms with van der Waals surface area (Å²) in [6, 6.07) is 9.91. The third-order valence-corrected chi connectivity index (χ3v) is 4.02. The van der Waals surface area contributed by atoms with Gasteiger partial charge in [-0.25, -0.2) is 0 Å². The minimum absolute atomic E-state index is 0.0428. The zero-order valence-electron chi connectivity index (χ0n) is 9.31. The molecule has 17 heavy (non-hydrogen) atoms. The van der Waals surface area contributed by atoms with Crippen molar-refractivity contribution >= 4 is 39.1 Å². The first-order chi connectivity index (χ1) is 8.15. The van der Waals surface area contributed by atoms with Crippen LogP contribution in [0.4, 0.5) is 0 Å². The minimum Gasteiger partial charge on any atom is -0.288 e. The second-order valence-corrected chi connectivity index (χ2v) is 5.56. The normalized spacial score (nSPS) is 10.9. The monoisotopic (exact) mass is 306 g/mol. The molecular weight excluding hydrogens is 296 g/mol. The van der Waals surface area contributed by atoms with Crippen LogP contribution >= 0.6 is 27.3 Å². The molecule has 2 rings (SSSR count). The third kappa shape index (κ3) is 3.38. The van der Waals surface area contributed by atoms with Crippen molar-refractivity contribution in [3.05, 3.63) is 62.3 Å². The molecule has 0 unspecified atom stereocenters. The molecule has 1 heterocycles. The molecule has 1 nitrogen and oxygen atoms in total. The molecule has 0 amide bonds. The molecule has 86 valence electrons. The predicted molar refractivity (Wildman–Crippen MR) is 76.6 cm³/mol. The Labute approximate surface area is 113 Å². The number of ketones is 1. The molecular formula is C14H11BrOS. The lowest BCUT2D eigenvalue weighted by molar-refractivity contribution is 0.105. The zero-order valence-corrected chi connectivity index (χ0v) is 11.7. The Balaban J connectivity index is 2.10. The second-order valence-electron chi connectivity index (χ2n) is 3.74. The Kier molecular flexibility index (Phi) is 3.92. The van der Waals surface area contributed by atoms with Crippen LogP contribution in [0.3, 0.4) is 0 Å². The van der Waals surface area contributed by atoms with E-state index < -0.39 is 0 Å². The van der Waals surface area contributed by atoms with Gasteiger partial charge < -0.3 is 0 Å². The molecule has 0 fully saturated rings. The Morgan fingerprint density at radius 1 is 1.29 bits per heavy atom. The molecule has 2 aromatic rings. The van der Waals surface area contributed by atoms with Crippen molar-refractivity contribution < 1.29 is 4.79 Å². The lowest BCUT2D eigenvalue weighted by Gasteiger charge is -1.94. The first-order valence-corrected chi connectivity index (χ1v) is 6.85. The maximum absolute atomic E-state index is 11.8. The van der Waals surface area contributed by atoms with Gasteiger partial charge in [-0.05, 0) is 40.6 Å². The van der Waals surface area contributed by atoms with E-state index in [1.54, 1.807) is 6.08 Å². The van der Waals surface area contributed by atoms with Gasteiger partial charge in [0, 0.05) is 9.85 Å². The summed E-state index contributed by atoms with van der Waals surface area (Å²) in [5, 5.41) is 1.91. The summed E-state index contributed by atoms with van der Waals surface area (Å²) in [6.07, 6.45) is 3.46. The fraction of sp³-hybridized carbons (Fsp3) is 0.0714. The average molecular weight is 307 g/mol. The zero-order chi connectivity index (χ0) is 12.3. The van der Waals surface area contributed by atoms with Crippen molar-refractivity contribution in [1.29, 1.82) is 0 Å². The van der Waals surface area contributed by atoms with Gasteiger partial charge in [-0.15, -0.1) is 11.3 Å². The Bertz CT molecular complexity index is 552. The third-order valence-electron chi connectivity index (χ3n) is 2.31. The van der Waals surface area contributed by atoms with E-state index >= 15 is 0 Å². The summed E-state index contributed by atoms with van der Waals surface area (Å²) in [6.45, 7) is 2.04. The number of allylic oxidation sites excluding steroid dienone is 1. The molecule has 3 heteroatoms. The number of hydrogen-bond acceptors (Lipinski definition) is 2. The molecule has 0 bridgehead atoms. The number of aryl methyl sites for hydroxylation is 1. The van der Waals surface area contributed by atoms with Gasteiger partial charge in [-0.3, -0.25) is 4.79 Å². The summed E-state index contributed by atoms with van der Waals surface area (Å²) in [5.41, 5.74) is 2.26. The van der Waals surface area contributed by atoms with Crippen LogP contribution in [0.25, 0.3) is 6.08 Å². The summed E-state index contributed by atoms with van der Waals surface area (Å²) < 4.78 is 0.953. The second kappa shape index (κ2) is 5.43. The number of carbonyl (C=O) groups excluding carboxylic acids is 1. The van der Waals surface area contributed by atoms with E-state index in [-0.39, 0.29) is 5.78 Å². The first-order valence-electron chi connectivity index (χ1n) is 5.18. The molecule has 0 radical (unpaired) electrons. The van der Waals surface area contributed by atoms with Gasteiger partial charge in [-0.2, -0.15) is 0 Å². The van der Waals surface area contributed by atoms with Crippen molar-refractivity contribution in [3.8, 4) is 0 Å². The maximum Gasteiger partial charge on any atom is 0.195 e. The summed E-state index contributed by atoms with van der Waals surface area (Å²) >= 11 is 4.79. The van der Waals surface area contributed by atoms with Gasteiger partial charge >= 0.3 is 0 Å². The van der Waals surface area contributed by atoms with Gasteiger partial charge in [0.15, 0.2) is 5.78 Å². The molecule has 1 aromatic carbocycles. The average Bonchev–Trinajstić information content (AvgIpc) is 2.75. The van der Waals surface area contributed by atoms with Crippen LogP contribution < -0.4 is 0 Å². The van der Waals surface area contributed by atoms with E-state index in [0.29, 0.717) is 0 Å². The van der Waals surface area contributed by atoms with E-state index in [1.165, 1.54) is 16.9 Å². The summed E-state index contributed by atoms with van der Waals surface area (Å²) in [5.74, 6) is 0.0428. The van der Waals surface area contributed by atoms with Crippen molar-refractivity contribution in [2.45, 2.75) is 6.92 Å². The Hall–Kier alpha value is -1.19. The predicted octanol–water partition coefficient (Wildman–Crippen LogP) is 4.72. The topological polar surface area (TPSA) is 17.1 Å². The smallest absolute Gasteiger partial charge is 0.195 e. The molecule has 0 saturated heterocycles. The minimum atomic E-state index is 0.0428. The van der Waals surface area contributed by atoms with E-state index in [0.717, 1.165) is 14.9 Å². The SMILES string of the molecule is Cc1ccc(/C=C/C(=O)c2cc(Br)cs2)cc1. The summed E-state index contributed by atoms with van der Waals surface area (Å²) in [7, 11) is 0. The molecule has 0 aliphatic carbocycles. The number of rotatable bonds is 3. The highest BCUT2D eigenvalue weighted by Gasteiger charge is 2.04. The standard InChI is InChI=1S/C14H11BrOS/c1-10-2-4-11(5-3-10)6-7-13(16)14-8-12(15)9-17-14/h2-9H,1H3/b7-6+. The van der Waals surface area contributed by atoms with Gasteiger partial charge in [0.05, 0.1) is 4.88 Å². The summed E-state index contributed by atoms with van der Waals surface area (Å²) in [4.78, 5) is 12.6. The Morgan fingerprint density at radius 2 is 2.00 bits per heavy atom. The highest BCUT2D eigenvalue weighted by Crippen LogP contribution is 2.20.